The molecule has 43 heavy (non-hydrogen) atoms. The molecule has 0 radical (unpaired) electrons. The van der Waals surface area contributed by atoms with Gasteiger partial charge in [0.1, 0.15) is 18.2 Å². The van der Waals surface area contributed by atoms with Crippen LogP contribution in [0.25, 0.3) is 10.8 Å². The van der Waals surface area contributed by atoms with Crippen LogP contribution in [-0.4, -0.2) is 23.9 Å². The summed E-state index contributed by atoms with van der Waals surface area (Å²) >= 11 is 0. The van der Waals surface area contributed by atoms with Crippen molar-refractivity contribution in [1.29, 1.82) is 0 Å². The summed E-state index contributed by atoms with van der Waals surface area (Å²) in [7, 11) is 0. The minimum Gasteiger partial charge on any atom is -0.488 e. The van der Waals surface area contributed by atoms with Gasteiger partial charge < -0.3 is 15.4 Å². The Bertz CT molecular complexity index is 1840. The second-order valence-corrected chi connectivity index (χ2v) is 9.64. The van der Waals surface area contributed by atoms with Gasteiger partial charge >= 0.3 is 11.8 Å². The summed E-state index contributed by atoms with van der Waals surface area (Å²) in [4.78, 5) is 38.3. The molecule has 0 aliphatic rings. The highest BCUT2D eigenvalue weighted by atomic mass is 19.1. The van der Waals surface area contributed by atoms with Crippen LogP contribution in [-0.2, 0) is 16.2 Å². The Hall–Kier alpha value is -5.83. The monoisotopic (exact) mass is 574 g/mol. The maximum atomic E-state index is 13.3. The smallest absolute Gasteiger partial charge is 0.329 e. The van der Waals surface area contributed by atoms with E-state index < -0.39 is 17.7 Å². The van der Waals surface area contributed by atoms with Gasteiger partial charge in [-0.1, -0.05) is 66.7 Å². The summed E-state index contributed by atoms with van der Waals surface area (Å²) in [6.45, 7) is 2.10. The van der Waals surface area contributed by atoms with E-state index in [1.54, 1.807) is 42.5 Å². The zero-order valence-electron chi connectivity index (χ0n) is 23.1. The molecule has 3 amide bonds. The van der Waals surface area contributed by atoms with Crippen molar-refractivity contribution in [3.05, 3.63) is 137 Å². The van der Waals surface area contributed by atoms with Gasteiger partial charge in [0.15, 0.2) is 0 Å². The van der Waals surface area contributed by atoms with E-state index >= 15 is 0 Å². The number of fused-ring (bicyclic) bond motifs is 1. The number of carbonyl (C=O) groups is 3. The molecule has 5 rings (SSSR count). The zero-order valence-corrected chi connectivity index (χ0v) is 23.1. The molecule has 8 nitrogen and oxygen atoms in total. The van der Waals surface area contributed by atoms with Crippen molar-refractivity contribution in [3.8, 4) is 5.75 Å². The molecule has 0 unspecified atom stereocenters. The average molecular weight is 575 g/mol. The Labute approximate surface area is 247 Å². The molecule has 0 spiro atoms. The van der Waals surface area contributed by atoms with Crippen LogP contribution in [0.5, 0.6) is 5.75 Å². The number of hydrogen-bond donors (Lipinski definition) is 3. The molecule has 0 saturated carbocycles. The Balaban J connectivity index is 1.28. The van der Waals surface area contributed by atoms with Crippen molar-refractivity contribution < 1.29 is 23.5 Å². The number of halogens is 1. The quantitative estimate of drug-likeness (QED) is 0.116. The predicted molar refractivity (Wildman–Crippen MR) is 165 cm³/mol. The van der Waals surface area contributed by atoms with Crippen LogP contribution in [0.2, 0.25) is 0 Å². The number of nitrogens with zero attached hydrogens (tertiary/aromatic N) is 1. The maximum Gasteiger partial charge on any atom is 0.329 e. The highest BCUT2D eigenvalue weighted by Crippen LogP contribution is 2.27. The van der Waals surface area contributed by atoms with E-state index in [4.69, 9.17) is 4.74 Å². The highest BCUT2D eigenvalue weighted by Gasteiger charge is 2.18. The Morgan fingerprint density at radius 3 is 2.40 bits per heavy atom. The molecule has 0 fully saturated rings. The number of hydrazone groups is 1. The molecule has 214 valence electrons. The second-order valence-electron chi connectivity index (χ2n) is 9.64. The zero-order chi connectivity index (χ0) is 30.2. The lowest BCUT2D eigenvalue weighted by Gasteiger charge is -2.12. The van der Waals surface area contributed by atoms with Gasteiger partial charge in [0.05, 0.1) is 17.5 Å². The summed E-state index contributed by atoms with van der Waals surface area (Å²) in [5.74, 6) is -2.32. The second kappa shape index (κ2) is 13.2. The van der Waals surface area contributed by atoms with Crippen LogP contribution in [0.15, 0.2) is 114 Å². The maximum absolute atomic E-state index is 13.3. The van der Waals surface area contributed by atoms with Gasteiger partial charge in [-0.15, -0.1) is 0 Å². The standard InChI is InChI=1S/C34H27FN4O4/c1-22-7-6-9-26(19-22)37-32(40)28-11-4-5-12-30(28)38-33(41)34(42)39-36-20-29-27-10-3-2-8-24(27)15-18-31(29)43-21-23-13-16-25(35)17-14-23/h2-20H,21H2,1H3,(H,37,40)(H,38,41)(H,39,42)/b36-20-. The molecule has 9 heteroatoms. The number of para-hydroxylation sites is 1. The van der Waals surface area contributed by atoms with Gasteiger partial charge in [0, 0.05) is 11.3 Å². The SMILES string of the molecule is Cc1cccc(NC(=O)c2ccccc2NC(=O)C(=O)N/N=C\c2c(OCc3ccc(F)cc3)ccc3ccccc23)c1. The fourth-order valence-corrected chi connectivity index (χ4v) is 4.37. The number of carbonyl (C=O) groups excluding carboxylic acids is 3. The van der Waals surface area contributed by atoms with Crippen molar-refractivity contribution in [2.24, 2.45) is 5.10 Å². The first kappa shape index (κ1) is 28.7. The summed E-state index contributed by atoms with van der Waals surface area (Å²) < 4.78 is 19.3. The van der Waals surface area contributed by atoms with Crippen molar-refractivity contribution in [2.45, 2.75) is 13.5 Å². The van der Waals surface area contributed by atoms with Crippen LogP contribution in [0, 0.1) is 12.7 Å². The van der Waals surface area contributed by atoms with E-state index in [-0.39, 0.29) is 23.7 Å². The van der Waals surface area contributed by atoms with Crippen molar-refractivity contribution in [3.63, 3.8) is 0 Å². The van der Waals surface area contributed by atoms with Crippen LogP contribution in [0.4, 0.5) is 15.8 Å². The minimum absolute atomic E-state index is 0.169. The molecule has 0 aliphatic carbocycles. The molecule has 0 bridgehead atoms. The van der Waals surface area contributed by atoms with Gasteiger partial charge in [0.2, 0.25) is 0 Å². The van der Waals surface area contributed by atoms with Gasteiger partial charge in [-0.3, -0.25) is 14.4 Å². The number of benzene rings is 5. The lowest BCUT2D eigenvalue weighted by Crippen LogP contribution is -2.33. The lowest BCUT2D eigenvalue weighted by molar-refractivity contribution is -0.136. The number of amides is 3. The fraction of sp³-hybridized carbons (Fsp3) is 0.0588. The minimum atomic E-state index is -1.03. The predicted octanol–water partition coefficient (Wildman–Crippen LogP) is 6.21. The summed E-state index contributed by atoms with van der Waals surface area (Å²) in [5, 5.41) is 11.0. The number of hydrogen-bond acceptors (Lipinski definition) is 5. The molecule has 0 saturated heterocycles. The van der Waals surface area contributed by atoms with E-state index in [0.717, 1.165) is 21.9 Å². The van der Waals surface area contributed by atoms with Crippen molar-refractivity contribution >= 4 is 46.1 Å². The number of ether oxygens (including phenoxy) is 1. The molecule has 5 aromatic rings. The van der Waals surface area contributed by atoms with E-state index in [0.29, 0.717) is 17.0 Å². The van der Waals surface area contributed by atoms with Gasteiger partial charge in [-0.25, -0.2) is 9.82 Å². The summed E-state index contributed by atoms with van der Waals surface area (Å²) in [6, 6.07) is 30.9. The third kappa shape index (κ3) is 7.28. The topological polar surface area (TPSA) is 109 Å². The molecule has 0 aliphatic heterocycles. The van der Waals surface area contributed by atoms with Crippen LogP contribution < -0.4 is 20.8 Å². The number of aryl methyl sites for hydroxylation is 1. The third-order valence-electron chi connectivity index (χ3n) is 6.50. The highest BCUT2D eigenvalue weighted by molar-refractivity contribution is 6.40. The lowest BCUT2D eigenvalue weighted by atomic mass is 10.0. The first-order chi connectivity index (χ1) is 20.9. The molecule has 3 N–H and O–H groups in total. The number of nitrogens with one attached hydrogen (secondary N) is 3. The molecule has 0 atom stereocenters. The average Bonchev–Trinajstić information content (AvgIpc) is 3.01. The van der Waals surface area contributed by atoms with Gasteiger partial charge in [-0.2, -0.15) is 5.10 Å². The van der Waals surface area contributed by atoms with Crippen LogP contribution >= 0.6 is 0 Å². The van der Waals surface area contributed by atoms with Gasteiger partial charge in [-0.05, 0) is 71.3 Å². The third-order valence-corrected chi connectivity index (χ3v) is 6.50. The first-order valence-electron chi connectivity index (χ1n) is 13.4. The molecular formula is C34H27FN4O4. The first-order valence-corrected chi connectivity index (χ1v) is 13.4. The molecule has 0 aromatic heterocycles. The van der Waals surface area contributed by atoms with Crippen LogP contribution in [0.3, 0.4) is 0 Å². The molecule has 0 heterocycles. The number of rotatable bonds is 8. The largest absolute Gasteiger partial charge is 0.488 e. The summed E-state index contributed by atoms with van der Waals surface area (Å²) in [5.41, 5.74) is 5.53. The molecule has 5 aromatic carbocycles. The Kier molecular flexibility index (Phi) is 8.82. The van der Waals surface area contributed by atoms with Crippen LogP contribution in [0.1, 0.15) is 27.0 Å². The normalized spacial score (nSPS) is 10.8. The Morgan fingerprint density at radius 1 is 0.814 bits per heavy atom. The van der Waals surface area contributed by atoms with E-state index in [1.165, 1.54) is 24.4 Å². The van der Waals surface area contributed by atoms with Crippen molar-refractivity contribution in [1.82, 2.24) is 5.43 Å². The number of anilines is 2. The van der Waals surface area contributed by atoms with Gasteiger partial charge in [0.25, 0.3) is 5.91 Å². The van der Waals surface area contributed by atoms with E-state index in [2.05, 4.69) is 21.2 Å². The van der Waals surface area contributed by atoms with Crippen molar-refractivity contribution in [2.75, 3.05) is 10.6 Å². The fourth-order valence-electron chi connectivity index (χ4n) is 4.37. The molecular weight excluding hydrogens is 547 g/mol. The van der Waals surface area contributed by atoms with E-state index in [1.807, 2.05) is 55.5 Å². The van der Waals surface area contributed by atoms with E-state index in [9.17, 15) is 18.8 Å². The summed E-state index contributed by atoms with van der Waals surface area (Å²) in [6.07, 6.45) is 1.40. The Morgan fingerprint density at radius 2 is 1.58 bits per heavy atom.